The number of esters is 1. The van der Waals surface area contributed by atoms with E-state index in [9.17, 15) is 49.2 Å². The van der Waals surface area contributed by atoms with Gasteiger partial charge in [-0.2, -0.15) is 0 Å². The van der Waals surface area contributed by atoms with Gasteiger partial charge in [-0.1, -0.05) is 13.3 Å². The predicted molar refractivity (Wildman–Crippen MR) is 173 cm³/mol. The van der Waals surface area contributed by atoms with Crippen molar-refractivity contribution >= 4 is 35.4 Å². The number of benzene rings is 1. The molecule has 0 aromatic heterocycles. The summed E-state index contributed by atoms with van der Waals surface area (Å²) in [5.41, 5.74) is 1.89. The molecule has 51 heavy (non-hydrogen) atoms. The van der Waals surface area contributed by atoms with Gasteiger partial charge in [0.05, 0.1) is 5.41 Å². The summed E-state index contributed by atoms with van der Waals surface area (Å²) in [7, 11) is 0. The molecule has 3 amide bonds. The largest absolute Gasteiger partial charge is 0.491 e. The van der Waals surface area contributed by atoms with Crippen molar-refractivity contribution in [3.05, 3.63) is 35.9 Å². The number of carboxylic acid groups (broad SMARTS) is 1. The number of carboxylic acids is 1. The number of hydroxylamine groups is 1. The number of unbranched alkanes of at least 4 members (excludes halogenated alkanes) is 2. The smallest absolute Gasteiger partial charge is 0.335 e. The van der Waals surface area contributed by atoms with Crippen LogP contribution in [0.3, 0.4) is 0 Å². The highest BCUT2D eigenvalue weighted by atomic mass is 16.7. The van der Waals surface area contributed by atoms with Gasteiger partial charge in [-0.25, -0.2) is 10.3 Å². The number of nitrogens with zero attached hydrogens (tertiary/aromatic N) is 1. The number of aliphatic hydroxyl groups is 3. The van der Waals surface area contributed by atoms with Crippen LogP contribution in [0.2, 0.25) is 0 Å². The van der Waals surface area contributed by atoms with Crippen molar-refractivity contribution < 1.29 is 73.0 Å². The maximum absolute atomic E-state index is 12.5. The first-order chi connectivity index (χ1) is 24.0. The molecule has 1 aromatic rings. The molecule has 17 heteroatoms. The minimum absolute atomic E-state index is 0.00878. The van der Waals surface area contributed by atoms with Crippen LogP contribution in [0.5, 0.6) is 11.5 Å². The second kappa shape index (κ2) is 18.7. The van der Waals surface area contributed by atoms with Gasteiger partial charge in [0, 0.05) is 49.1 Å². The summed E-state index contributed by atoms with van der Waals surface area (Å²) >= 11 is 0. The maximum Gasteiger partial charge on any atom is 0.335 e. The molecule has 17 nitrogen and oxygen atoms in total. The summed E-state index contributed by atoms with van der Waals surface area (Å²) in [4.78, 5) is 78.2. The Morgan fingerprint density at radius 3 is 2.29 bits per heavy atom. The first kappa shape index (κ1) is 41.0. The van der Waals surface area contributed by atoms with Crippen LogP contribution in [0, 0.1) is 11.3 Å². The highest BCUT2D eigenvalue weighted by Gasteiger charge is 2.48. The van der Waals surface area contributed by atoms with E-state index in [1.54, 1.807) is 27.7 Å². The van der Waals surface area contributed by atoms with Crippen LogP contribution in [0.15, 0.2) is 30.4 Å². The monoisotopic (exact) mass is 722 g/mol. The van der Waals surface area contributed by atoms with Crippen molar-refractivity contribution in [2.75, 3.05) is 19.8 Å². The molecule has 0 unspecified atom stereocenters. The van der Waals surface area contributed by atoms with Crippen molar-refractivity contribution in [1.29, 1.82) is 0 Å². The summed E-state index contributed by atoms with van der Waals surface area (Å²) in [6, 6.07) is 4.24. The van der Waals surface area contributed by atoms with Crippen molar-refractivity contribution in [1.82, 2.24) is 10.4 Å². The Morgan fingerprint density at radius 1 is 0.961 bits per heavy atom. The normalized spacial score (nSPS) is 22.4. The Labute approximate surface area is 294 Å². The number of imide groups is 1. The van der Waals surface area contributed by atoms with Gasteiger partial charge in [0.15, 0.2) is 6.10 Å². The zero-order valence-electron chi connectivity index (χ0n) is 28.9. The molecule has 2 aliphatic rings. The van der Waals surface area contributed by atoms with E-state index in [4.69, 9.17) is 23.8 Å². The first-order valence-corrected chi connectivity index (χ1v) is 16.5. The lowest BCUT2D eigenvalue weighted by molar-refractivity contribution is -0.271. The second-order valence-electron chi connectivity index (χ2n) is 13.2. The Bertz CT molecular complexity index is 1440. The number of aliphatic carboxylic acids is 1. The minimum atomic E-state index is -1.90. The zero-order valence-corrected chi connectivity index (χ0v) is 28.9. The fraction of sp³-hybridized carbons (Fsp3) is 0.588. The van der Waals surface area contributed by atoms with E-state index >= 15 is 0 Å². The van der Waals surface area contributed by atoms with Gasteiger partial charge in [-0.3, -0.25) is 33.7 Å². The molecule has 1 saturated heterocycles. The third-order valence-corrected chi connectivity index (χ3v) is 7.91. The highest BCUT2D eigenvalue weighted by Crippen LogP contribution is 2.30. The lowest BCUT2D eigenvalue weighted by Gasteiger charge is -2.38. The molecule has 2 heterocycles. The standard InChI is InChI=1S/C34H46N2O15/c1-19(16-21(37)8-6-5-7-13-36-24(38)11-12-25(36)39)30(43)35-49-15-14-47-23-17-22(10-9-20(23)18-48-33(46)34(2,3)4)50-32-28(42)26(40)27(41)29(51-32)31(44)45/h9-12,17,19,26-29,32,40-42H,5-8,13-16,18H2,1-4H3,(H,35,43)(H,44,45)/t19-,26+,27+,28-,29+,32-/m1/s1. The van der Waals surface area contributed by atoms with E-state index in [0.29, 0.717) is 24.8 Å². The van der Waals surface area contributed by atoms with Crippen molar-refractivity contribution in [2.24, 2.45) is 11.3 Å². The average molecular weight is 723 g/mol. The van der Waals surface area contributed by atoms with E-state index in [-0.39, 0.29) is 68.3 Å². The molecular formula is C34H46N2O15. The van der Waals surface area contributed by atoms with Crippen LogP contribution in [0.25, 0.3) is 0 Å². The summed E-state index contributed by atoms with van der Waals surface area (Å²) < 4.78 is 21.9. The first-order valence-electron chi connectivity index (χ1n) is 16.5. The lowest BCUT2D eigenvalue weighted by Crippen LogP contribution is -2.61. The van der Waals surface area contributed by atoms with Crippen LogP contribution in [0.1, 0.15) is 65.4 Å². The van der Waals surface area contributed by atoms with Crippen LogP contribution in [-0.2, 0) is 49.7 Å². The Balaban J connectivity index is 1.48. The van der Waals surface area contributed by atoms with Gasteiger partial charge in [-0.15, -0.1) is 0 Å². The number of Topliss-reactive ketones (excluding diaryl/α,β-unsaturated/α-hetero) is 1. The quantitative estimate of drug-likeness (QED) is 0.0567. The minimum Gasteiger partial charge on any atom is -0.491 e. The van der Waals surface area contributed by atoms with Crippen LogP contribution >= 0.6 is 0 Å². The molecule has 2 aliphatic heterocycles. The number of carbonyl (C=O) groups is 6. The van der Waals surface area contributed by atoms with Crippen LogP contribution < -0.4 is 15.0 Å². The lowest BCUT2D eigenvalue weighted by atomic mass is 9.97. The number of rotatable bonds is 19. The number of ketones is 1. The van der Waals surface area contributed by atoms with Crippen molar-refractivity contribution in [3.63, 3.8) is 0 Å². The SMILES string of the molecule is C[C@H](CC(=O)CCCCCN1C(=O)C=CC1=O)C(=O)NOCCOc1cc(O[C@@H]2O[C@H](C(=O)O)[C@@H](O)[C@H](O)[C@H]2O)ccc1COC(=O)C(C)(C)C. The predicted octanol–water partition coefficient (Wildman–Crippen LogP) is 0.554. The van der Waals surface area contributed by atoms with Crippen LogP contribution in [-0.4, -0.2) is 111 Å². The number of carbonyl (C=O) groups excluding carboxylic acids is 5. The Kier molecular flexibility index (Phi) is 15.0. The third kappa shape index (κ3) is 12.1. The summed E-state index contributed by atoms with van der Waals surface area (Å²) in [5.74, 6) is -3.92. The molecule has 282 valence electrons. The average Bonchev–Trinajstić information content (AvgIpc) is 3.39. The molecule has 5 N–H and O–H groups in total. The molecule has 0 radical (unpaired) electrons. The van der Waals surface area contributed by atoms with Gasteiger partial charge < -0.3 is 39.4 Å². The van der Waals surface area contributed by atoms with Gasteiger partial charge in [-0.05, 0) is 45.7 Å². The topological polar surface area (TPSA) is 245 Å². The van der Waals surface area contributed by atoms with Gasteiger partial charge in [0.2, 0.25) is 12.2 Å². The van der Waals surface area contributed by atoms with E-state index < -0.39 is 59.9 Å². The molecule has 3 rings (SSSR count). The molecule has 1 aromatic carbocycles. The third-order valence-electron chi connectivity index (χ3n) is 7.91. The number of amides is 3. The second-order valence-corrected chi connectivity index (χ2v) is 13.2. The van der Waals surface area contributed by atoms with Crippen molar-refractivity contribution in [3.8, 4) is 11.5 Å². The summed E-state index contributed by atoms with van der Waals surface area (Å²) in [6.07, 6.45) is -4.68. The molecule has 0 spiro atoms. The maximum atomic E-state index is 12.5. The molecule has 1 fully saturated rings. The van der Waals surface area contributed by atoms with Gasteiger partial charge in [0.25, 0.3) is 11.8 Å². The fourth-order valence-corrected chi connectivity index (χ4v) is 4.88. The van der Waals surface area contributed by atoms with Crippen LogP contribution in [0.4, 0.5) is 0 Å². The number of ether oxygens (including phenoxy) is 4. The molecule has 0 aliphatic carbocycles. The highest BCUT2D eigenvalue weighted by molar-refractivity contribution is 6.12. The Hall–Kier alpha value is -4.42. The number of aliphatic hydroxyl groups excluding tert-OH is 3. The molecular weight excluding hydrogens is 676 g/mol. The van der Waals surface area contributed by atoms with E-state index in [1.165, 1.54) is 30.4 Å². The van der Waals surface area contributed by atoms with E-state index in [1.807, 2.05) is 0 Å². The molecule has 0 bridgehead atoms. The zero-order chi connectivity index (χ0) is 37.9. The van der Waals surface area contributed by atoms with Gasteiger partial charge in [0.1, 0.15) is 55.4 Å². The molecule has 6 atom stereocenters. The molecule has 0 saturated carbocycles. The summed E-state index contributed by atoms with van der Waals surface area (Å²) in [5, 5.41) is 39.7. The number of nitrogens with one attached hydrogen (secondary N) is 1. The van der Waals surface area contributed by atoms with E-state index in [2.05, 4.69) is 5.48 Å². The van der Waals surface area contributed by atoms with E-state index in [0.717, 1.165) is 4.90 Å². The number of hydrogen-bond acceptors (Lipinski definition) is 14. The Morgan fingerprint density at radius 2 is 1.65 bits per heavy atom. The van der Waals surface area contributed by atoms with Gasteiger partial charge >= 0.3 is 11.9 Å². The van der Waals surface area contributed by atoms with Crippen molar-refractivity contribution in [2.45, 2.75) is 97.1 Å². The summed E-state index contributed by atoms with van der Waals surface area (Å²) in [6.45, 7) is 6.44. The number of hydrogen-bond donors (Lipinski definition) is 5. The fourth-order valence-electron chi connectivity index (χ4n) is 4.88.